The molecule has 5 heteroatoms. The van der Waals surface area contributed by atoms with Crippen molar-refractivity contribution >= 4 is 7.60 Å². The van der Waals surface area contributed by atoms with E-state index in [1.807, 2.05) is 6.07 Å². The van der Waals surface area contributed by atoms with Crippen molar-refractivity contribution in [2.24, 2.45) is 0 Å². The molecule has 4 nitrogen and oxygen atoms in total. The van der Waals surface area contributed by atoms with E-state index < -0.39 is 12.8 Å². The van der Waals surface area contributed by atoms with Gasteiger partial charge in [0.2, 0.25) is 0 Å². The molecule has 0 bridgehead atoms. The minimum atomic E-state index is -3.17. The molecule has 1 aliphatic carbocycles. The third kappa shape index (κ3) is 1.78. The van der Waals surface area contributed by atoms with E-state index in [1.165, 1.54) is 0 Å². The number of nitriles is 1. The molecule has 0 amide bonds. The first-order valence-electron chi connectivity index (χ1n) is 4.44. The second-order valence-corrected chi connectivity index (χ2v) is 5.34. The highest BCUT2D eigenvalue weighted by atomic mass is 31.2. The molecule has 0 aromatic carbocycles. The average Bonchev–Trinajstić information content (AvgIpc) is 2.85. The lowest BCUT2D eigenvalue weighted by atomic mass is 10.5. The predicted octanol–water partition coefficient (Wildman–Crippen LogP) is 2.31. The largest absolute Gasteiger partial charge is 0.350 e. The van der Waals surface area contributed by atoms with Crippen LogP contribution in [0.5, 0.6) is 0 Å². The Hall–Kier alpha value is -0.360. The molecule has 1 fully saturated rings. The van der Waals surface area contributed by atoms with E-state index in [1.54, 1.807) is 13.8 Å². The van der Waals surface area contributed by atoms with Gasteiger partial charge in [0.05, 0.1) is 19.3 Å². The SMILES string of the molecule is CCOP(=O)(OCC)C1(C#N)CC1. The Bertz CT molecular complexity index is 257. The van der Waals surface area contributed by atoms with E-state index in [4.69, 9.17) is 14.3 Å². The monoisotopic (exact) mass is 203 g/mol. The van der Waals surface area contributed by atoms with Crippen LogP contribution in [-0.4, -0.2) is 18.4 Å². The summed E-state index contributed by atoms with van der Waals surface area (Å²) in [7, 11) is -3.17. The normalized spacial score (nSPS) is 19.5. The van der Waals surface area contributed by atoms with E-state index in [2.05, 4.69) is 0 Å². The van der Waals surface area contributed by atoms with Gasteiger partial charge < -0.3 is 9.05 Å². The van der Waals surface area contributed by atoms with E-state index in [0.717, 1.165) is 0 Å². The van der Waals surface area contributed by atoms with Crippen molar-refractivity contribution in [3.05, 3.63) is 0 Å². The molecule has 0 unspecified atom stereocenters. The zero-order valence-electron chi connectivity index (χ0n) is 7.95. The number of nitrogens with zero attached hydrogens (tertiary/aromatic N) is 1. The highest BCUT2D eigenvalue weighted by Gasteiger charge is 2.61. The first-order chi connectivity index (χ1) is 6.14. The van der Waals surface area contributed by atoms with Crippen LogP contribution in [0.1, 0.15) is 26.7 Å². The molecule has 0 spiro atoms. The zero-order chi connectivity index (χ0) is 9.95. The van der Waals surface area contributed by atoms with Crippen LogP contribution in [0.25, 0.3) is 0 Å². The second-order valence-electron chi connectivity index (χ2n) is 2.98. The molecule has 0 heterocycles. The zero-order valence-corrected chi connectivity index (χ0v) is 8.84. The summed E-state index contributed by atoms with van der Waals surface area (Å²) in [5.74, 6) is 0. The van der Waals surface area contributed by atoms with Crippen molar-refractivity contribution in [1.82, 2.24) is 0 Å². The van der Waals surface area contributed by atoms with Crippen LogP contribution in [0.2, 0.25) is 0 Å². The standard InChI is InChI=1S/C8H14NO3P/c1-3-11-13(10,12-4-2)8(7-9)5-6-8/h3-6H2,1-2H3. The van der Waals surface area contributed by atoms with Gasteiger partial charge in [0.25, 0.3) is 0 Å². The Morgan fingerprint density at radius 1 is 1.38 bits per heavy atom. The third-order valence-corrected chi connectivity index (χ3v) is 4.85. The first-order valence-corrected chi connectivity index (χ1v) is 5.99. The van der Waals surface area contributed by atoms with Gasteiger partial charge in [0.1, 0.15) is 0 Å². The van der Waals surface area contributed by atoms with Crippen LogP contribution in [0.15, 0.2) is 0 Å². The molecule has 13 heavy (non-hydrogen) atoms. The van der Waals surface area contributed by atoms with Crippen LogP contribution in [0.3, 0.4) is 0 Å². The van der Waals surface area contributed by atoms with Gasteiger partial charge in [-0.1, -0.05) is 0 Å². The van der Waals surface area contributed by atoms with Crippen molar-refractivity contribution in [3.63, 3.8) is 0 Å². The Morgan fingerprint density at radius 3 is 2.08 bits per heavy atom. The Labute approximate surface area is 78.4 Å². The highest BCUT2D eigenvalue weighted by molar-refractivity contribution is 7.56. The first kappa shape index (κ1) is 10.7. The van der Waals surface area contributed by atoms with Gasteiger partial charge in [0.15, 0.2) is 5.16 Å². The summed E-state index contributed by atoms with van der Waals surface area (Å²) in [6.07, 6.45) is 1.25. The molecule has 0 radical (unpaired) electrons. The van der Waals surface area contributed by atoms with Gasteiger partial charge in [-0.3, -0.25) is 4.57 Å². The van der Waals surface area contributed by atoms with Crippen LogP contribution in [-0.2, 0) is 13.6 Å². The summed E-state index contributed by atoms with van der Waals surface area (Å²) >= 11 is 0. The summed E-state index contributed by atoms with van der Waals surface area (Å²) in [6, 6.07) is 2.05. The summed E-state index contributed by atoms with van der Waals surface area (Å²) in [4.78, 5) is 0. The average molecular weight is 203 g/mol. The smallest absolute Gasteiger partial charge is 0.308 e. The van der Waals surface area contributed by atoms with Crippen molar-refractivity contribution in [2.45, 2.75) is 31.8 Å². The maximum absolute atomic E-state index is 12.1. The molecule has 1 rings (SSSR count). The lowest BCUT2D eigenvalue weighted by Gasteiger charge is -2.20. The molecule has 0 aliphatic heterocycles. The van der Waals surface area contributed by atoms with Gasteiger partial charge in [0, 0.05) is 0 Å². The molecule has 0 aromatic heterocycles. The van der Waals surface area contributed by atoms with Crippen molar-refractivity contribution in [1.29, 1.82) is 5.26 Å². The fourth-order valence-corrected chi connectivity index (χ4v) is 3.22. The minimum absolute atomic E-state index is 0.320. The van der Waals surface area contributed by atoms with Gasteiger partial charge in [-0.2, -0.15) is 5.26 Å². The van der Waals surface area contributed by atoms with E-state index in [0.29, 0.717) is 26.1 Å². The van der Waals surface area contributed by atoms with Gasteiger partial charge >= 0.3 is 7.60 Å². The van der Waals surface area contributed by atoms with Crippen LogP contribution in [0.4, 0.5) is 0 Å². The summed E-state index contributed by atoms with van der Waals surface area (Å²) in [5, 5.41) is 8.03. The summed E-state index contributed by atoms with van der Waals surface area (Å²) in [5.41, 5.74) is 0. The van der Waals surface area contributed by atoms with E-state index >= 15 is 0 Å². The Kier molecular flexibility index (Phi) is 3.13. The molecule has 1 saturated carbocycles. The lowest BCUT2D eigenvalue weighted by Crippen LogP contribution is -2.12. The molecule has 1 aliphatic rings. The van der Waals surface area contributed by atoms with E-state index in [-0.39, 0.29) is 0 Å². The number of hydrogen-bond donors (Lipinski definition) is 0. The maximum atomic E-state index is 12.1. The summed E-state index contributed by atoms with van der Waals surface area (Å²) < 4.78 is 22.3. The topological polar surface area (TPSA) is 59.3 Å². The molecule has 0 N–H and O–H groups in total. The molecule has 0 atom stereocenters. The number of rotatable bonds is 5. The molecular weight excluding hydrogens is 189 g/mol. The fraction of sp³-hybridized carbons (Fsp3) is 0.875. The van der Waals surface area contributed by atoms with Crippen molar-refractivity contribution < 1.29 is 13.6 Å². The van der Waals surface area contributed by atoms with Gasteiger partial charge in [-0.15, -0.1) is 0 Å². The highest BCUT2D eigenvalue weighted by Crippen LogP contribution is 2.70. The molecule has 0 aromatic rings. The van der Waals surface area contributed by atoms with E-state index in [9.17, 15) is 4.57 Å². The van der Waals surface area contributed by atoms with Crippen LogP contribution < -0.4 is 0 Å². The fourth-order valence-electron chi connectivity index (χ4n) is 1.19. The quantitative estimate of drug-likeness (QED) is 0.643. The minimum Gasteiger partial charge on any atom is -0.308 e. The predicted molar refractivity (Wildman–Crippen MR) is 48.4 cm³/mol. The molecule has 0 saturated heterocycles. The maximum Gasteiger partial charge on any atom is 0.350 e. The lowest BCUT2D eigenvalue weighted by molar-refractivity contribution is 0.214. The Morgan fingerprint density at radius 2 is 1.85 bits per heavy atom. The third-order valence-electron chi connectivity index (χ3n) is 2.05. The van der Waals surface area contributed by atoms with Crippen LogP contribution >= 0.6 is 7.60 Å². The van der Waals surface area contributed by atoms with Crippen LogP contribution in [0, 0.1) is 11.3 Å². The van der Waals surface area contributed by atoms with Gasteiger partial charge in [-0.25, -0.2) is 0 Å². The molecular formula is C8H14NO3P. The second kappa shape index (κ2) is 3.79. The summed E-state index contributed by atoms with van der Waals surface area (Å²) in [6.45, 7) is 4.14. The van der Waals surface area contributed by atoms with Crippen molar-refractivity contribution in [2.75, 3.05) is 13.2 Å². The van der Waals surface area contributed by atoms with Gasteiger partial charge in [-0.05, 0) is 26.7 Å². The number of hydrogen-bond acceptors (Lipinski definition) is 4. The molecule has 74 valence electrons. The Balaban J connectivity index is 2.79. The van der Waals surface area contributed by atoms with Crippen molar-refractivity contribution in [3.8, 4) is 6.07 Å².